The summed E-state index contributed by atoms with van der Waals surface area (Å²) in [5.41, 5.74) is 1.76. The summed E-state index contributed by atoms with van der Waals surface area (Å²) < 4.78 is 5.29. The molecule has 3 amide bonds. The average molecular weight is 603 g/mol. The van der Waals surface area contributed by atoms with Gasteiger partial charge < -0.3 is 20.5 Å². The number of carbonyl (C=O) groups is 4. The molecule has 3 aromatic rings. The number of anilines is 1. The third-order valence-electron chi connectivity index (χ3n) is 5.95. The highest BCUT2D eigenvalue weighted by atomic mass is 35.5. The van der Waals surface area contributed by atoms with Crippen molar-refractivity contribution < 1.29 is 29.0 Å². The van der Waals surface area contributed by atoms with Gasteiger partial charge in [-0.05, 0) is 42.0 Å². The summed E-state index contributed by atoms with van der Waals surface area (Å²) in [5.74, 6) is -1.76. The Balaban J connectivity index is 1.34. The predicted octanol–water partition coefficient (Wildman–Crippen LogP) is 4.46. The maximum atomic E-state index is 13.0. The second-order valence-corrected chi connectivity index (χ2v) is 10.5. The van der Waals surface area contributed by atoms with E-state index >= 15 is 0 Å². The van der Waals surface area contributed by atoms with E-state index in [2.05, 4.69) is 15.6 Å². The Kier molecular flexibility index (Phi) is 9.86. The molecule has 13 heteroatoms. The first-order chi connectivity index (χ1) is 19.2. The van der Waals surface area contributed by atoms with Crippen LogP contribution in [0.25, 0.3) is 0 Å². The van der Waals surface area contributed by atoms with Crippen molar-refractivity contribution in [2.45, 2.75) is 25.1 Å². The largest absolute Gasteiger partial charge is 0.480 e. The Morgan fingerprint density at radius 3 is 2.42 bits per heavy atom. The van der Waals surface area contributed by atoms with Crippen LogP contribution >= 0.6 is 35.0 Å². The number of hydrogen-bond donors (Lipinski definition) is 3. The van der Waals surface area contributed by atoms with Crippen molar-refractivity contribution in [1.82, 2.24) is 15.2 Å². The first-order valence-corrected chi connectivity index (χ1v) is 13.9. The van der Waals surface area contributed by atoms with Crippen LogP contribution in [0.1, 0.15) is 21.6 Å². The van der Waals surface area contributed by atoms with Gasteiger partial charge in [0.25, 0.3) is 5.91 Å². The summed E-state index contributed by atoms with van der Waals surface area (Å²) in [5, 5.41) is 15.4. The standard InChI is InChI=1S/C27H24Cl2N4O6S/c28-19-5-3-6-20(29)23(19)25(35)31-17-9-7-16(8-10-17)12-21(26(36)37)32-24(34)22-14-40-15-33(22)27(38)39-13-18-4-1-2-11-30-18/h1-11,21-22H,12-15H2,(H,31,35)(H,32,34)(H,36,37). The van der Waals surface area contributed by atoms with Gasteiger partial charge in [-0.3, -0.25) is 19.5 Å². The SMILES string of the molecule is O=C(Nc1ccc(CC(NC(=O)C2CSCN2C(=O)OCc2ccccn2)C(=O)O)cc1)c1c(Cl)cccc1Cl. The van der Waals surface area contributed by atoms with Crippen molar-refractivity contribution in [1.29, 1.82) is 0 Å². The number of benzene rings is 2. The van der Waals surface area contributed by atoms with E-state index in [9.17, 15) is 24.3 Å². The van der Waals surface area contributed by atoms with Crippen LogP contribution < -0.4 is 10.6 Å². The van der Waals surface area contributed by atoms with E-state index in [0.717, 1.165) is 0 Å². The number of nitrogens with zero attached hydrogens (tertiary/aromatic N) is 2. The Morgan fingerprint density at radius 2 is 1.77 bits per heavy atom. The fourth-order valence-corrected chi connectivity index (χ4v) is 5.59. The van der Waals surface area contributed by atoms with E-state index in [1.165, 1.54) is 16.7 Å². The average Bonchev–Trinajstić information content (AvgIpc) is 3.43. The molecule has 1 aliphatic heterocycles. The van der Waals surface area contributed by atoms with E-state index in [-0.39, 0.29) is 34.5 Å². The maximum Gasteiger partial charge on any atom is 0.411 e. The van der Waals surface area contributed by atoms with Crippen molar-refractivity contribution in [2.24, 2.45) is 0 Å². The van der Waals surface area contributed by atoms with Crippen LogP contribution in [0.5, 0.6) is 0 Å². The lowest BCUT2D eigenvalue weighted by Crippen LogP contribution is -2.52. The van der Waals surface area contributed by atoms with E-state index < -0.39 is 36.0 Å². The fraction of sp³-hybridized carbons (Fsp3) is 0.222. The highest BCUT2D eigenvalue weighted by Gasteiger charge is 2.37. The van der Waals surface area contributed by atoms with E-state index in [1.54, 1.807) is 66.9 Å². The molecule has 2 atom stereocenters. The first kappa shape index (κ1) is 29.2. The highest BCUT2D eigenvalue weighted by Crippen LogP contribution is 2.26. The molecule has 10 nitrogen and oxygen atoms in total. The van der Waals surface area contributed by atoms with Crippen molar-refractivity contribution in [3.8, 4) is 0 Å². The van der Waals surface area contributed by atoms with E-state index in [4.69, 9.17) is 27.9 Å². The number of hydrogen-bond acceptors (Lipinski definition) is 7. The van der Waals surface area contributed by atoms with Gasteiger partial charge in [-0.15, -0.1) is 11.8 Å². The van der Waals surface area contributed by atoms with Crippen molar-refractivity contribution in [2.75, 3.05) is 16.9 Å². The minimum Gasteiger partial charge on any atom is -0.480 e. The zero-order valence-corrected chi connectivity index (χ0v) is 23.2. The number of aromatic nitrogens is 1. The van der Waals surface area contributed by atoms with Gasteiger partial charge >= 0.3 is 12.1 Å². The zero-order chi connectivity index (χ0) is 28.6. The third kappa shape index (κ3) is 7.44. The molecule has 208 valence electrons. The van der Waals surface area contributed by atoms with Gasteiger partial charge in [0, 0.05) is 24.1 Å². The van der Waals surface area contributed by atoms with Gasteiger partial charge in [0.05, 0.1) is 27.2 Å². The van der Waals surface area contributed by atoms with Crippen molar-refractivity contribution in [3.63, 3.8) is 0 Å². The second kappa shape index (κ2) is 13.5. The molecule has 4 rings (SSSR count). The Hall–Kier alpha value is -3.80. The van der Waals surface area contributed by atoms with Gasteiger partial charge in [0.15, 0.2) is 0 Å². The number of carboxylic acids is 1. The third-order valence-corrected chi connectivity index (χ3v) is 7.59. The number of rotatable bonds is 9. The molecule has 1 aliphatic rings. The quantitative estimate of drug-likeness (QED) is 0.326. The molecule has 1 aromatic heterocycles. The Labute approximate surface area is 244 Å². The number of amides is 3. The predicted molar refractivity (Wildman–Crippen MR) is 152 cm³/mol. The fourth-order valence-electron chi connectivity index (χ4n) is 3.88. The minimum atomic E-state index is -1.24. The molecule has 3 N–H and O–H groups in total. The number of pyridine rings is 1. The summed E-state index contributed by atoms with van der Waals surface area (Å²) in [6.45, 7) is -0.0468. The molecule has 2 aromatic carbocycles. The summed E-state index contributed by atoms with van der Waals surface area (Å²) in [6.07, 6.45) is 0.881. The monoisotopic (exact) mass is 602 g/mol. The summed E-state index contributed by atoms with van der Waals surface area (Å²) in [7, 11) is 0. The lowest BCUT2D eigenvalue weighted by molar-refractivity contribution is -0.142. The maximum absolute atomic E-state index is 13.0. The normalized spacial score (nSPS) is 15.2. The summed E-state index contributed by atoms with van der Waals surface area (Å²) >= 11 is 13.5. The molecule has 0 aliphatic carbocycles. The number of thioether (sulfide) groups is 1. The molecular weight excluding hydrogens is 579 g/mol. The van der Waals surface area contributed by atoms with E-state index in [1.807, 2.05) is 0 Å². The minimum absolute atomic E-state index is 0.0182. The molecule has 0 saturated carbocycles. The van der Waals surface area contributed by atoms with Crippen LogP contribution in [-0.2, 0) is 27.4 Å². The van der Waals surface area contributed by atoms with Crippen LogP contribution in [0.15, 0.2) is 66.9 Å². The van der Waals surface area contributed by atoms with Crippen molar-refractivity contribution in [3.05, 3.63) is 93.7 Å². The van der Waals surface area contributed by atoms with Gasteiger partial charge in [-0.2, -0.15) is 0 Å². The smallest absolute Gasteiger partial charge is 0.411 e. The number of halogens is 2. The number of ether oxygens (including phenoxy) is 1. The van der Waals surface area contributed by atoms with Gasteiger partial charge in [0.1, 0.15) is 18.7 Å². The molecule has 0 spiro atoms. The molecule has 0 bridgehead atoms. The highest BCUT2D eigenvalue weighted by molar-refractivity contribution is 7.99. The topological polar surface area (TPSA) is 138 Å². The number of carbonyl (C=O) groups excluding carboxylic acids is 3. The molecule has 40 heavy (non-hydrogen) atoms. The van der Waals surface area contributed by atoms with E-state index in [0.29, 0.717) is 22.7 Å². The van der Waals surface area contributed by atoms with Crippen LogP contribution in [0.3, 0.4) is 0 Å². The molecule has 2 heterocycles. The molecule has 1 fully saturated rings. The van der Waals surface area contributed by atoms with Gasteiger partial charge in [-0.25, -0.2) is 9.59 Å². The molecule has 0 radical (unpaired) electrons. The van der Waals surface area contributed by atoms with Crippen LogP contribution in [0.2, 0.25) is 10.0 Å². The lowest BCUT2D eigenvalue weighted by atomic mass is 10.0. The molecule has 2 unspecified atom stereocenters. The van der Waals surface area contributed by atoms with Gasteiger partial charge in [-0.1, -0.05) is 47.5 Å². The number of carboxylic acid groups (broad SMARTS) is 1. The van der Waals surface area contributed by atoms with Crippen LogP contribution in [0.4, 0.5) is 10.5 Å². The second-order valence-electron chi connectivity index (χ2n) is 8.71. The summed E-state index contributed by atoms with van der Waals surface area (Å²) in [6, 6.07) is 14.3. The van der Waals surface area contributed by atoms with Crippen molar-refractivity contribution >= 4 is 64.5 Å². The summed E-state index contributed by atoms with van der Waals surface area (Å²) in [4.78, 5) is 55.5. The number of aliphatic carboxylic acids is 1. The Bertz CT molecular complexity index is 1370. The van der Waals surface area contributed by atoms with Gasteiger partial charge in [0.2, 0.25) is 5.91 Å². The van der Waals surface area contributed by atoms with Crippen LogP contribution in [0, 0.1) is 0 Å². The lowest BCUT2D eigenvalue weighted by Gasteiger charge is -2.24. The zero-order valence-electron chi connectivity index (χ0n) is 20.9. The Morgan fingerprint density at radius 1 is 1.05 bits per heavy atom. The number of nitrogens with one attached hydrogen (secondary N) is 2. The molecule has 1 saturated heterocycles. The molecular formula is C27H24Cl2N4O6S. The first-order valence-electron chi connectivity index (χ1n) is 12.0. The van der Waals surface area contributed by atoms with Crippen LogP contribution in [-0.4, -0.2) is 62.6 Å².